The third kappa shape index (κ3) is 3.02. The molecular weight excluding hydrogens is 270 g/mol. The molecule has 0 bridgehead atoms. The molecule has 0 spiro atoms. The SMILES string of the molecule is CCC(=O)Nc1c(C(=O)O)cccc1-c1ccccc1O. The zero-order valence-electron chi connectivity index (χ0n) is 11.5. The highest BCUT2D eigenvalue weighted by atomic mass is 16.4. The number of carboxylic acid groups (broad SMARTS) is 1. The molecule has 2 aromatic carbocycles. The molecule has 5 heteroatoms. The molecule has 0 unspecified atom stereocenters. The molecule has 0 aliphatic heterocycles. The molecule has 1 amide bonds. The third-order valence-corrected chi connectivity index (χ3v) is 3.07. The van der Waals surface area contributed by atoms with Crippen LogP contribution in [0.4, 0.5) is 5.69 Å². The Morgan fingerprint density at radius 2 is 1.71 bits per heavy atom. The minimum absolute atomic E-state index is 0.0162. The van der Waals surface area contributed by atoms with Crippen LogP contribution in [0.2, 0.25) is 0 Å². The van der Waals surface area contributed by atoms with E-state index < -0.39 is 5.97 Å². The Morgan fingerprint density at radius 1 is 1.05 bits per heavy atom. The zero-order valence-corrected chi connectivity index (χ0v) is 11.5. The number of aromatic carboxylic acids is 1. The summed E-state index contributed by atoms with van der Waals surface area (Å²) in [6.45, 7) is 1.68. The number of phenolic OH excluding ortho intramolecular Hbond substituents is 1. The number of carbonyl (C=O) groups is 2. The lowest BCUT2D eigenvalue weighted by Gasteiger charge is -2.14. The van der Waals surface area contributed by atoms with Gasteiger partial charge in [0.05, 0.1) is 11.3 Å². The number of hydrogen-bond donors (Lipinski definition) is 3. The molecule has 21 heavy (non-hydrogen) atoms. The summed E-state index contributed by atoms with van der Waals surface area (Å²) in [5, 5.41) is 21.8. The number of rotatable bonds is 4. The summed E-state index contributed by atoms with van der Waals surface area (Å²) < 4.78 is 0. The molecular formula is C16H15NO4. The van der Waals surface area contributed by atoms with Crippen LogP contribution in [-0.2, 0) is 4.79 Å². The number of hydrogen-bond acceptors (Lipinski definition) is 3. The number of amides is 1. The topological polar surface area (TPSA) is 86.6 Å². The van der Waals surface area contributed by atoms with Crippen molar-refractivity contribution in [1.29, 1.82) is 0 Å². The van der Waals surface area contributed by atoms with E-state index in [0.717, 1.165) is 0 Å². The van der Waals surface area contributed by atoms with Crippen molar-refractivity contribution in [1.82, 2.24) is 0 Å². The van der Waals surface area contributed by atoms with E-state index in [9.17, 15) is 19.8 Å². The summed E-state index contributed by atoms with van der Waals surface area (Å²) >= 11 is 0. The molecule has 0 saturated carbocycles. The third-order valence-electron chi connectivity index (χ3n) is 3.07. The van der Waals surface area contributed by atoms with Crippen LogP contribution in [-0.4, -0.2) is 22.1 Å². The van der Waals surface area contributed by atoms with Crippen LogP contribution in [0.15, 0.2) is 42.5 Å². The van der Waals surface area contributed by atoms with E-state index in [0.29, 0.717) is 11.1 Å². The summed E-state index contributed by atoms with van der Waals surface area (Å²) in [6.07, 6.45) is 0.230. The van der Waals surface area contributed by atoms with Crippen LogP contribution in [0.3, 0.4) is 0 Å². The molecule has 3 N–H and O–H groups in total. The van der Waals surface area contributed by atoms with Gasteiger partial charge in [-0.15, -0.1) is 0 Å². The van der Waals surface area contributed by atoms with Crippen molar-refractivity contribution >= 4 is 17.6 Å². The lowest BCUT2D eigenvalue weighted by Crippen LogP contribution is -2.14. The average molecular weight is 285 g/mol. The van der Waals surface area contributed by atoms with Gasteiger partial charge in [-0.05, 0) is 12.1 Å². The summed E-state index contributed by atoms with van der Waals surface area (Å²) in [7, 11) is 0. The normalized spacial score (nSPS) is 10.1. The fourth-order valence-electron chi connectivity index (χ4n) is 2.02. The Bertz CT molecular complexity index is 694. The molecule has 0 aliphatic rings. The molecule has 2 rings (SSSR count). The second-order valence-corrected chi connectivity index (χ2v) is 4.45. The molecule has 0 fully saturated rings. The number of carbonyl (C=O) groups excluding carboxylic acids is 1. The van der Waals surface area contributed by atoms with E-state index in [1.54, 1.807) is 37.3 Å². The minimum Gasteiger partial charge on any atom is -0.507 e. The van der Waals surface area contributed by atoms with Gasteiger partial charge in [0.15, 0.2) is 0 Å². The largest absolute Gasteiger partial charge is 0.507 e. The number of aromatic hydroxyl groups is 1. The number of para-hydroxylation sites is 2. The predicted molar refractivity (Wildman–Crippen MR) is 79.4 cm³/mol. The van der Waals surface area contributed by atoms with Gasteiger partial charge in [0, 0.05) is 17.5 Å². The van der Waals surface area contributed by atoms with Crippen LogP contribution in [0.5, 0.6) is 5.75 Å². The maximum absolute atomic E-state index is 11.7. The van der Waals surface area contributed by atoms with Crippen LogP contribution in [0, 0.1) is 0 Å². The van der Waals surface area contributed by atoms with E-state index >= 15 is 0 Å². The van der Waals surface area contributed by atoms with Crippen LogP contribution < -0.4 is 5.32 Å². The fraction of sp³-hybridized carbons (Fsp3) is 0.125. The smallest absolute Gasteiger partial charge is 0.337 e. The lowest BCUT2D eigenvalue weighted by atomic mass is 9.99. The highest BCUT2D eigenvalue weighted by Crippen LogP contribution is 2.36. The molecule has 0 atom stereocenters. The number of benzene rings is 2. The second-order valence-electron chi connectivity index (χ2n) is 4.45. The van der Waals surface area contributed by atoms with Gasteiger partial charge in [-0.1, -0.05) is 37.3 Å². The van der Waals surface area contributed by atoms with Crippen LogP contribution in [0.1, 0.15) is 23.7 Å². The summed E-state index contributed by atoms with van der Waals surface area (Å²) in [6, 6.07) is 11.2. The summed E-state index contributed by atoms with van der Waals surface area (Å²) in [5.74, 6) is -1.41. The quantitative estimate of drug-likeness (QED) is 0.805. The van der Waals surface area contributed by atoms with Crippen molar-refractivity contribution in [2.24, 2.45) is 0 Å². The number of carboxylic acids is 1. The van der Waals surface area contributed by atoms with E-state index in [2.05, 4.69) is 5.32 Å². The van der Waals surface area contributed by atoms with Gasteiger partial charge >= 0.3 is 5.97 Å². The van der Waals surface area contributed by atoms with Gasteiger partial charge in [0.2, 0.25) is 5.91 Å². The van der Waals surface area contributed by atoms with Crippen molar-refractivity contribution in [2.45, 2.75) is 13.3 Å². The highest BCUT2D eigenvalue weighted by molar-refractivity contribution is 6.05. The number of nitrogens with one attached hydrogen (secondary N) is 1. The van der Waals surface area contributed by atoms with E-state index in [1.807, 2.05) is 0 Å². The standard InChI is InChI=1S/C16H15NO4/c1-2-14(19)17-15-11(7-5-8-12(15)16(20)21)10-6-3-4-9-13(10)18/h3-9,18H,2H2,1H3,(H,17,19)(H,20,21). The Hall–Kier alpha value is -2.82. The van der Waals surface area contributed by atoms with E-state index in [4.69, 9.17) is 0 Å². The monoisotopic (exact) mass is 285 g/mol. The first-order valence-corrected chi connectivity index (χ1v) is 6.49. The summed E-state index contributed by atoms with van der Waals surface area (Å²) in [5.41, 5.74) is 1.11. The minimum atomic E-state index is -1.14. The second kappa shape index (κ2) is 6.09. The maximum atomic E-state index is 11.7. The van der Waals surface area contributed by atoms with Gasteiger partial charge < -0.3 is 15.5 Å². The molecule has 0 aromatic heterocycles. The van der Waals surface area contributed by atoms with E-state index in [-0.39, 0.29) is 29.3 Å². The summed E-state index contributed by atoms with van der Waals surface area (Å²) in [4.78, 5) is 23.0. The molecule has 0 saturated heterocycles. The number of phenols is 1. The molecule has 2 aromatic rings. The maximum Gasteiger partial charge on any atom is 0.337 e. The Morgan fingerprint density at radius 3 is 2.33 bits per heavy atom. The zero-order chi connectivity index (χ0) is 15.4. The predicted octanol–water partition coefficient (Wildman–Crippen LogP) is 3.11. The first-order valence-electron chi connectivity index (χ1n) is 6.49. The van der Waals surface area contributed by atoms with Crippen molar-refractivity contribution in [2.75, 3.05) is 5.32 Å². The van der Waals surface area contributed by atoms with Crippen LogP contribution >= 0.6 is 0 Å². The Kier molecular flexibility index (Phi) is 4.23. The lowest BCUT2D eigenvalue weighted by molar-refractivity contribution is -0.115. The van der Waals surface area contributed by atoms with Gasteiger partial charge in [0.1, 0.15) is 5.75 Å². The van der Waals surface area contributed by atoms with Gasteiger partial charge in [-0.3, -0.25) is 4.79 Å². The Labute approximate surface area is 121 Å². The van der Waals surface area contributed by atoms with Crippen molar-refractivity contribution < 1.29 is 19.8 Å². The van der Waals surface area contributed by atoms with E-state index in [1.165, 1.54) is 12.1 Å². The average Bonchev–Trinajstić information content (AvgIpc) is 2.47. The van der Waals surface area contributed by atoms with Crippen molar-refractivity contribution in [3.05, 3.63) is 48.0 Å². The number of anilines is 1. The molecule has 0 radical (unpaired) electrons. The van der Waals surface area contributed by atoms with Crippen LogP contribution in [0.25, 0.3) is 11.1 Å². The first-order chi connectivity index (χ1) is 10.0. The first kappa shape index (κ1) is 14.6. The Balaban J connectivity index is 2.65. The molecule has 5 nitrogen and oxygen atoms in total. The molecule has 0 aliphatic carbocycles. The molecule has 108 valence electrons. The highest BCUT2D eigenvalue weighted by Gasteiger charge is 2.18. The fourth-order valence-corrected chi connectivity index (χ4v) is 2.02. The van der Waals surface area contributed by atoms with Gasteiger partial charge in [-0.2, -0.15) is 0 Å². The van der Waals surface area contributed by atoms with Gasteiger partial charge in [0.25, 0.3) is 0 Å². The van der Waals surface area contributed by atoms with Crippen molar-refractivity contribution in [3.63, 3.8) is 0 Å². The molecule has 0 heterocycles. The van der Waals surface area contributed by atoms with Crippen molar-refractivity contribution in [3.8, 4) is 16.9 Å². The van der Waals surface area contributed by atoms with Gasteiger partial charge in [-0.25, -0.2) is 4.79 Å².